The number of likely N-dealkylation sites (tertiary alicyclic amines) is 1. The van der Waals surface area contributed by atoms with Crippen molar-refractivity contribution in [3.8, 4) is 0 Å². The third-order valence-electron chi connectivity index (χ3n) is 7.73. The number of nitrogens with zero attached hydrogens (tertiary/aromatic N) is 2. The van der Waals surface area contributed by atoms with E-state index < -0.39 is 6.10 Å². The van der Waals surface area contributed by atoms with Gasteiger partial charge in [-0.25, -0.2) is 0 Å². The maximum Gasteiger partial charge on any atom is 0.242 e. The molecule has 0 bridgehead atoms. The van der Waals surface area contributed by atoms with E-state index in [0.717, 1.165) is 19.3 Å². The van der Waals surface area contributed by atoms with Gasteiger partial charge in [-0.15, -0.1) is 0 Å². The van der Waals surface area contributed by atoms with Crippen LogP contribution in [0.1, 0.15) is 67.2 Å². The summed E-state index contributed by atoms with van der Waals surface area (Å²) in [6.07, 6.45) is 2.43. The Labute approximate surface area is 219 Å². The van der Waals surface area contributed by atoms with Gasteiger partial charge in [0.05, 0.1) is 43.3 Å². The molecule has 1 aliphatic heterocycles. The van der Waals surface area contributed by atoms with Gasteiger partial charge in [-0.2, -0.15) is 0 Å². The van der Waals surface area contributed by atoms with Crippen molar-refractivity contribution in [2.45, 2.75) is 97.6 Å². The molecular formula is C27H52N4O5. The minimum Gasteiger partial charge on any atom is -0.379 e. The number of carbonyl (C=O) groups excluding carboxylic acids is 3. The second kappa shape index (κ2) is 15.5. The number of hydrogen-bond acceptors (Lipinski definition) is 6. The molecule has 1 saturated heterocycles. The molecule has 1 fully saturated rings. The molecule has 1 aliphatic rings. The Balaban J connectivity index is 2.98. The average Bonchev–Trinajstić information content (AvgIpc) is 3.31. The van der Waals surface area contributed by atoms with E-state index in [9.17, 15) is 14.4 Å². The molecule has 0 saturated carbocycles. The molecular weight excluding hydrogens is 460 g/mol. The second-order valence-electron chi connectivity index (χ2n) is 10.8. The number of hydrogen-bond donors (Lipinski definition) is 2. The van der Waals surface area contributed by atoms with Gasteiger partial charge in [0.2, 0.25) is 17.7 Å². The van der Waals surface area contributed by atoms with Crippen molar-refractivity contribution >= 4 is 17.7 Å². The third kappa shape index (κ3) is 8.42. The normalized spacial score (nSPS) is 20.2. The highest BCUT2D eigenvalue weighted by atomic mass is 16.5. The summed E-state index contributed by atoms with van der Waals surface area (Å²) >= 11 is 0. The summed E-state index contributed by atoms with van der Waals surface area (Å²) in [5.74, 6) is 0.123. The molecule has 0 spiro atoms. The van der Waals surface area contributed by atoms with Crippen molar-refractivity contribution in [1.82, 2.24) is 20.4 Å². The van der Waals surface area contributed by atoms with Crippen molar-refractivity contribution in [2.24, 2.45) is 17.8 Å². The van der Waals surface area contributed by atoms with Crippen LogP contribution in [0.15, 0.2) is 0 Å². The quantitative estimate of drug-likeness (QED) is 0.349. The summed E-state index contributed by atoms with van der Waals surface area (Å²) in [7, 11) is 6.78. The van der Waals surface area contributed by atoms with E-state index in [1.807, 2.05) is 18.7 Å². The predicted octanol–water partition coefficient (Wildman–Crippen LogP) is 2.29. The van der Waals surface area contributed by atoms with E-state index >= 15 is 0 Å². The topological polar surface area (TPSA) is 100 Å². The fourth-order valence-corrected chi connectivity index (χ4v) is 5.52. The van der Waals surface area contributed by atoms with Crippen LogP contribution in [-0.2, 0) is 23.9 Å². The number of rotatable bonds is 15. The largest absolute Gasteiger partial charge is 0.379 e. The zero-order valence-electron chi connectivity index (χ0n) is 24.3. The smallest absolute Gasteiger partial charge is 0.242 e. The Morgan fingerprint density at radius 2 is 1.69 bits per heavy atom. The maximum absolute atomic E-state index is 13.5. The lowest BCUT2D eigenvalue weighted by atomic mass is 9.90. The summed E-state index contributed by atoms with van der Waals surface area (Å²) in [6.45, 7) is 12.9. The maximum atomic E-state index is 13.5. The first-order valence-electron chi connectivity index (χ1n) is 13.5. The predicted molar refractivity (Wildman–Crippen MR) is 142 cm³/mol. The third-order valence-corrected chi connectivity index (χ3v) is 7.73. The molecule has 2 N–H and O–H groups in total. The molecule has 9 heteroatoms. The number of amides is 3. The molecule has 4 unspecified atom stereocenters. The molecule has 0 aromatic carbocycles. The van der Waals surface area contributed by atoms with E-state index in [0.29, 0.717) is 12.5 Å². The van der Waals surface area contributed by atoms with Gasteiger partial charge in [0.25, 0.3) is 0 Å². The standard InChI is InChI=1S/C27H52N4O5/c1-11-19(6)25(30(8)23(33)16-29-27(34)24(28-7)17(2)3)21(35-9)15-22(32)31-14-12-13-20(31)26(36-10)18(4)5/h17-21,24-26,28H,11-16H2,1-10H3,(H,29,34)/t19-,20-,21?,24?,25?,26?/m0/s1. The zero-order valence-corrected chi connectivity index (χ0v) is 24.3. The van der Waals surface area contributed by atoms with Crippen LogP contribution in [0.3, 0.4) is 0 Å². The molecule has 0 radical (unpaired) electrons. The van der Waals surface area contributed by atoms with Gasteiger partial charge in [0, 0.05) is 27.8 Å². The van der Waals surface area contributed by atoms with Gasteiger partial charge in [0.15, 0.2) is 0 Å². The molecule has 0 aromatic rings. The van der Waals surface area contributed by atoms with Crippen molar-refractivity contribution < 1.29 is 23.9 Å². The lowest BCUT2D eigenvalue weighted by molar-refractivity contribution is -0.144. The summed E-state index contributed by atoms with van der Waals surface area (Å²) in [4.78, 5) is 42.7. The molecule has 1 heterocycles. The Hall–Kier alpha value is -1.71. The minimum absolute atomic E-state index is 0.0112. The number of ether oxygens (including phenoxy) is 2. The van der Waals surface area contributed by atoms with Crippen LogP contribution in [0.25, 0.3) is 0 Å². The Morgan fingerprint density at radius 1 is 1.06 bits per heavy atom. The van der Waals surface area contributed by atoms with Gasteiger partial charge in [-0.3, -0.25) is 14.4 Å². The van der Waals surface area contributed by atoms with Crippen LogP contribution in [0.5, 0.6) is 0 Å². The van der Waals surface area contributed by atoms with Crippen molar-refractivity contribution in [1.29, 1.82) is 0 Å². The van der Waals surface area contributed by atoms with Crippen LogP contribution in [0, 0.1) is 17.8 Å². The van der Waals surface area contributed by atoms with Crippen LogP contribution in [0.4, 0.5) is 0 Å². The first-order chi connectivity index (χ1) is 16.9. The molecule has 0 aromatic heterocycles. The second-order valence-corrected chi connectivity index (χ2v) is 10.8. The fraction of sp³-hybridized carbons (Fsp3) is 0.889. The summed E-state index contributed by atoms with van der Waals surface area (Å²) in [6, 6.07) is -0.617. The molecule has 36 heavy (non-hydrogen) atoms. The Morgan fingerprint density at radius 3 is 2.17 bits per heavy atom. The van der Waals surface area contributed by atoms with Gasteiger partial charge in [0.1, 0.15) is 0 Å². The summed E-state index contributed by atoms with van der Waals surface area (Å²) in [5.41, 5.74) is 0. The van der Waals surface area contributed by atoms with E-state index in [4.69, 9.17) is 9.47 Å². The summed E-state index contributed by atoms with van der Waals surface area (Å²) < 4.78 is 11.6. The molecule has 1 rings (SSSR count). The van der Waals surface area contributed by atoms with Gasteiger partial charge in [-0.1, -0.05) is 48.0 Å². The highest BCUT2D eigenvalue weighted by Gasteiger charge is 2.39. The Bertz CT molecular complexity index is 702. The zero-order chi connectivity index (χ0) is 27.6. The van der Waals surface area contributed by atoms with Crippen LogP contribution in [-0.4, -0.2) is 99.3 Å². The number of likely N-dealkylation sites (N-methyl/N-ethyl adjacent to an activating group) is 2. The van der Waals surface area contributed by atoms with Gasteiger partial charge >= 0.3 is 0 Å². The Kier molecular flexibility index (Phi) is 13.9. The monoisotopic (exact) mass is 512 g/mol. The average molecular weight is 513 g/mol. The van der Waals surface area contributed by atoms with E-state index in [1.165, 1.54) is 0 Å². The van der Waals surface area contributed by atoms with Crippen LogP contribution < -0.4 is 10.6 Å². The van der Waals surface area contributed by atoms with E-state index in [2.05, 4.69) is 38.3 Å². The SMILES string of the molecule is CC[C@H](C)C(C(CC(=O)N1CCC[C@H]1C(OC)C(C)C)OC)N(C)C(=O)CNC(=O)C(NC)C(C)C. The first-order valence-corrected chi connectivity index (χ1v) is 13.5. The lowest BCUT2D eigenvalue weighted by Gasteiger charge is -2.39. The van der Waals surface area contributed by atoms with Crippen molar-refractivity contribution in [2.75, 3.05) is 41.4 Å². The van der Waals surface area contributed by atoms with Gasteiger partial charge in [-0.05, 0) is 37.6 Å². The molecule has 210 valence electrons. The van der Waals surface area contributed by atoms with E-state index in [-0.39, 0.29) is 66.8 Å². The number of carbonyl (C=O) groups is 3. The number of methoxy groups -OCH3 is 2. The van der Waals surface area contributed by atoms with Crippen LogP contribution in [0.2, 0.25) is 0 Å². The fourth-order valence-electron chi connectivity index (χ4n) is 5.52. The molecule has 6 atom stereocenters. The lowest BCUT2D eigenvalue weighted by Crippen LogP contribution is -2.54. The molecule has 3 amide bonds. The van der Waals surface area contributed by atoms with Crippen molar-refractivity contribution in [3.05, 3.63) is 0 Å². The minimum atomic E-state index is -0.459. The number of nitrogens with one attached hydrogen (secondary N) is 2. The summed E-state index contributed by atoms with van der Waals surface area (Å²) in [5, 5.41) is 5.76. The van der Waals surface area contributed by atoms with Gasteiger partial charge < -0.3 is 29.9 Å². The van der Waals surface area contributed by atoms with Crippen LogP contribution >= 0.6 is 0 Å². The highest BCUT2D eigenvalue weighted by Crippen LogP contribution is 2.28. The highest BCUT2D eigenvalue weighted by molar-refractivity contribution is 5.87. The van der Waals surface area contributed by atoms with Crippen molar-refractivity contribution in [3.63, 3.8) is 0 Å². The molecule has 9 nitrogen and oxygen atoms in total. The van der Waals surface area contributed by atoms with E-state index in [1.54, 1.807) is 33.2 Å². The first kappa shape index (κ1) is 32.3. The molecule has 0 aliphatic carbocycles.